The Bertz CT molecular complexity index is 2620. The number of hydrogen-bond donors (Lipinski definition) is 0. The molecule has 3 aliphatic carbocycles. The van der Waals surface area contributed by atoms with Gasteiger partial charge in [-0.15, -0.1) is 0 Å². The van der Waals surface area contributed by atoms with Gasteiger partial charge < -0.3 is 4.90 Å². The molecule has 0 saturated carbocycles. The number of hydrogen-bond acceptors (Lipinski definition) is 1. The predicted molar refractivity (Wildman–Crippen MR) is 207 cm³/mol. The summed E-state index contributed by atoms with van der Waals surface area (Å²) in [4.78, 5) is 2.41. The molecule has 1 nitrogen and oxygen atoms in total. The second-order valence-corrected chi connectivity index (χ2v) is 14.1. The first-order valence-corrected chi connectivity index (χ1v) is 17.6. The Hall–Kier alpha value is -6.18. The van der Waals surface area contributed by atoms with Crippen molar-refractivity contribution in [2.24, 2.45) is 0 Å². The maximum Gasteiger partial charge on any atom is 0.0716 e. The molecule has 3 aliphatic rings. The highest BCUT2D eigenvalue weighted by Crippen LogP contribution is 2.65. The minimum absolute atomic E-state index is 0.384. The van der Waals surface area contributed by atoms with E-state index < -0.39 is 5.41 Å². The van der Waals surface area contributed by atoms with Crippen LogP contribution in [0.4, 0.5) is 17.1 Å². The van der Waals surface area contributed by atoms with Crippen LogP contribution in [0.15, 0.2) is 182 Å². The van der Waals surface area contributed by atoms with Crippen LogP contribution in [0.25, 0.3) is 33.0 Å². The lowest BCUT2D eigenvalue weighted by Crippen LogP contribution is -2.33. The average Bonchev–Trinajstić information content (AvgIpc) is 3.46. The zero-order valence-electron chi connectivity index (χ0n) is 27.8. The quantitative estimate of drug-likeness (QED) is 0.186. The third-order valence-corrected chi connectivity index (χ3v) is 11.9. The molecule has 0 amide bonds. The molecule has 0 fully saturated rings. The van der Waals surface area contributed by atoms with E-state index in [0.717, 1.165) is 11.4 Å². The van der Waals surface area contributed by atoms with Gasteiger partial charge in [0.15, 0.2) is 0 Å². The largest absolute Gasteiger partial charge is 0.310 e. The number of anilines is 3. The molecule has 2 bridgehead atoms. The topological polar surface area (TPSA) is 3.24 Å². The molecule has 0 saturated heterocycles. The lowest BCUT2D eigenvalue weighted by Gasteiger charge is -2.42. The highest BCUT2D eigenvalue weighted by Gasteiger charge is 2.54. The molecule has 50 heavy (non-hydrogen) atoms. The normalized spacial score (nSPS) is 18.7. The van der Waals surface area contributed by atoms with E-state index in [1.165, 1.54) is 77.7 Å². The molecule has 1 heteroatoms. The molecule has 0 heterocycles. The summed E-state index contributed by atoms with van der Waals surface area (Å²) >= 11 is 0. The van der Waals surface area contributed by atoms with Crippen molar-refractivity contribution in [2.45, 2.75) is 17.8 Å². The molecule has 2 unspecified atom stereocenters. The maximum absolute atomic E-state index is 2.52. The number of benzene rings is 8. The second kappa shape index (κ2) is 9.94. The molecule has 8 aromatic carbocycles. The molecular formula is C49H33N. The van der Waals surface area contributed by atoms with Crippen molar-refractivity contribution < 1.29 is 0 Å². The molecule has 234 valence electrons. The van der Waals surface area contributed by atoms with Crippen LogP contribution >= 0.6 is 0 Å². The summed E-state index contributed by atoms with van der Waals surface area (Å²) < 4.78 is 0. The fourth-order valence-electron chi connectivity index (χ4n) is 9.90. The van der Waals surface area contributed by atoms with Gasteiger partial charge in [-0.2, -0.15) is 0 Å². The van der Waals surface area contributed by atoms with Gasteiger partial charge in [0.2, 0.25) is 0 Å². The molecule has 0 N–H and O–H groups in total. The van der Waals surface area contributed by atoms with E-state index in [1.54, 1.807) is 0 Å². The molecule has 8 aromatic rings. The second-order valence-electron chi connectivity index (χ2n) is 14.1. The van der Waals surface area contributed by atoms with Crippen LogP contribution in [-0.4, -0.2) is 0 Å². The zero-order valence-corrected chi connectivity index (χ0v) is 27.8. The monoisotopic (exact) mass is 635 g/mol. The lowest BCUT2D eigenvalue weighted by molar-refractivity contribution is 0.681. The highest BCUT2D eigenvalue weighted by molar-refractivity contribution is 6.12. The van der Waals surface area contributed by atoms with E-state index in [4.69, 9.17) is 0 Å². The van der Waals surface area contributed by atoms with Gasteiger partial charge in [-0.05, 0) is 104 Å². The fraction of sp³-hybridized carbons (Fsp3) is 0.0612. The van der Waals surface area contributed by atoms with Crippen molar-refractivity contribution in [3.05, 3.63) is 221 Å². The molecule has 2 atom stereocenters. The van der Waals surface area contributed by atoms with E-state index in [1.807, 2.05) is 0 Å². The first-order valence-electron chi connectivity index (χ1n) is 17.6. The summed E-state index contributed by atoms with van der Waals surface area (Å²) in [5, 5.41) is 2.60. The van der Waals surface area contributed by atoms with Crippen LogP contribution in [0, 0.1) is 0 Å². The summed E-state index contributed by atoms with van der Waals surface area (Å²) in [6.07, 6.45) is 0. The van der Waals surface area contributed by atoms with Crippen LogP contribution < -0.4 is 4.90 Å². The van der Waals surface area contributed by atoms with E-state index in [-0.39, 0.29) is 5.41 Å². The van der Waals surface area contributed by atoms with Gasteiger partial charge in [-0.1, -0.05) is 152 Å². The van der Waals surface area contributed by atoms with E-state index in [0.29, 0.717) is 0 Å². The van der Waals surface area contributed by atoms with Crippen molar-refractivity contribution in [1.29, 1.82) is 0 Å². The van der Waals surface area contributed by atoms with Gasteiger partial charge in [0.25, 0.3) is 0 Å². The predicted octanol–water partition coefficient (Wildman–Crippen LogP) is 12.3. The summed E-state index contributed by atoms with van der Waals surface area (Å²) in [6, 6.07) is 68.0. The van der Waals surface area contributed by atoms with Gasteiger partial charge in [-0.3, -0.25) is 0 Å². The minimum atomic E-state index is -0.422. The number of nitrogens with zero attached hydrogens (tertiary/aromatic N) is 1. The van der Waals surface area contributed by atoms with Gasteiger partial charge in [0.1, 0.15) is 0 Å². The van der Waals surface area contributed by atoms with Crippen molar-refractivity contribution in [1.82, 2.24) is 0 Å². The Morgan fingerprint density at radius 2 is 0.960 bits per heavy atom. The Balaban J connectivity index is 1.29. The van der Waals surface area contributed by atoms with Gasteiger partial charge in [0, 0.05) is 22.2 Å². The summed E-state index contributed by atoms with van der Waals surface area (Å²) in [6.45, 7) is 2.49. The average molecular weight is 636 g/mol. The Labute approximate surface area is 292 Å². The van der Waals surface area contributed by atoms with Crippen molar-refractivity contribution in [3.63, 3.8) is 0 Å². The smallest absolute Gasteiger partial charge is 0.0716 e. The molecule has 0 spiro atoms. The minimum Gasteiger partial charge on any atom is -0.310 e. The first kappa shape index (κ1) is 27.7. The third-order valence-electron chi connectivity index (χ3n) is 11.9. The Kier molecular flexibility index (Phi) is 5.51. The molecular weight excluding hydrogens is 603 g/mol. The van der Waals surface area contributed by atoms with E-state index >= 15 is 0 Å². The zero-order chi connectivity index (χ0) is 33.0. The van der Waals surface area contributed by atoms with Crippen LogP contribution in [-0.2, 0) is 10.8 Å². The standard InChI is InChI=1S/C49H33N/c1-48-33-17-13-18-34(31-33)49(32-15-5-2-6-16-32)42-25-12-11-23-37(42)39-27-28-40(46(48)47(39)49)38-29-30-44(41-24-14-26-43(48)45(38)41)50(35-19-7-3-8-20-35)36-21-9-4-10-22-36/h2-31H,1H3. The lowest BCUT2D eigenvalue weighted by atomic mass is 9.60. The van der Waals surface area contributed by atoms with Crippen molar-refractivity contribution in [3.8, 4) is 22.3 Å². The van der Waals surface area contributed by atoms with Crippen LogP contribution in [0.2, 0.25) is 0 Å². The molecule has 0 aromatic heterocycles. The van der Waals surface area contributed by atoms with Crippen molar-refractivity contribution in [2.75, 3.05) is 4.90 Å². The summed E-state index contributed by atoms with van der Waals surface area (Å²) in [5.74, 6) is 0. The van der Waals surface area contributed by atoms with Gasteiger partial charge >= 0.3 is 0 Å². The molecule has 0 aliphatic heterocycles. The van der Waals surface area contributed by atoms with Crippen LogP contribution in [0.5, 0.6) is 0 Å². The highest BCUT2D eigenvalue weighted by atomic mass is 15.1. The summed E-state index contributed by atoms with van der Waals surface area (Å²) in [7, 11) is 0. The van der Waals surface area contributed by atoms with Crippen molar-refractivity contribution >= 4 is 27.8 Å². The fourth-order valence-corrected chi connectivity index (χ4v) is 9.90. The Morgan fingerprint density at radius 1 is 0.400 bits per heavy atom. The van der Waals surface area contributed by atoms with Crippen LogP contribution in [0.1, 0.15) is 45.9 Å². The van der Waals surface area contributed by atoms with Crippen LogP contribution in [0.3, 0.4) is 0 Å². The molecule has 11 rings (SSSR count). The van der Waals surface area contributed by atoms with Gasteiger partial charge in [0.05, 0.1) is 11.1 Å². The first-order chi connectivity index (χ1) is 24.7. The number of fused-ring (bicyclic) bond motifs is 9. The SMILES string of the molecule is CC12c3cccc(c3)C3(c4ccccc4)c4ccccc4-c4ccc(c1c43)-c1ccc(N(c3ccccc3)c3ccccc3)c3cccc2c13. The number of rotatable bonds is 4. The van der Waals surface area contributed by atoms with E-state index in [2.05, 4.69) is 194 Å². The Morgan fingerprint density at radius 3 is 1.70 bits per heavy atom. The third kappa shape index (κ3) is 3.32. The van der Waals surface area contributed by atoms with Gasteiger partial charge in [-0.25, -0.2) is 0 Å². The maximum atomic E-state index is 2.52. The summed E-state index contributed by atoms with van der Waals surface area (Å²) in [5.41, 5.74) is 17.6. The van der Waals surface area contributed by atoms with E-state index in [9.17, 15) is 0 Å². The molecule has 0 radical (unpaired) electrons. The number of para-hydroxylation sites is 2.